The van der Waals surface area contributed by atoms with E-state index >= 15 is 0 Å². The molecule has 1 N–H and O–H groups in total. The molecule has 0 radical (unpaired) electrons. The number of benzene rings is 1. The van der Waals surface area contributed by atoms with Crippen molar-refractivity contribution in [3.63, 3.8) is 0 Å². The molecule has 1 atom stereocenters. The Bertz CT molecular complexity index is 683. The van der Waals surface area contributed by atoms with Crippen LogP contribution in [0.3, 0.4) is 0 Å². The third-order valence-corrected chi connectivity index (χ3v) is 5.10. The van der Waals surface area contributed by atoms with Gasteiger partial charge >= 0.3 is 0 Å². The number of carbonyl (C=O) groups is 1. The fraction of sp³-hybridized carbons (Fsp3) is 0.400. The van der Waals surface area contributed by atoms with Crippen molar-refractivity contribution in [3.8, 4) is 5.75 Å². The zero-order chi connectivity index (χ0) is 17.6. The van der Waals surface area contributed by atoms with Gasteiger partial charge in [0.25, 0.3) is 5.91 Å². The molecular weight excluding hydrogens is 336 g/mol. The van der Waals surface area contributed by atoms with Gasteiger partial charge in [0.2, 0.25) is 0 Å². The number of aromatic nitrogens is 1. The summed E-state index contributed by atoms with van der Waals surface area (Å²) in [5, 5.41) is 3.76. The van der Waals surface area contributed by atoms with Crippen LogP contribution in [0.4, 0.5) is 0 Å². The molecule has 5 heteroatoms. The van der Waals surface area contributed by atoms with Crippen LogP contribution in [0.1, 0.15) is 43.0 Å². The van der Waals surface area contributed by atoms with Crippen LogP contribution in [0.2, 0.25) is 5.02 Å². The molecule has 1 unspecified atom stereocenters. The zero-order valence-corrected chi connectivity index (χ0v) is 15.1. The predicted octanol–water partition coefficient (Wildman–Crippen LogP) is 4.49. The topological polar surface area (TPSA) is 51.2 Å². The molecule has 3 rings (SSSR count). The van der Waals surface area contributed by atoms with E-state index in [0.29, 0.717) is 16.5 Å². The summed E-state index contributed by atoms with van der Waals surface area (Å²) >= 11 is 5.87. The van der Waals surface area contributed by atoms with Gasteiger partial charge in [0.1, 0.15) is 5.75 Å². The molecule has 1 heterocycles. The Morgan fingerprint density at radius 3 is 2.40 bits per heavy atom. The molecule has 1 aromatic carbocycles. The van der Waals surface area contributed by atoms with E-state index in [2.05, 4.69) is 17.2 Å². The summed E-state index contributed by atoms with van der Waals surface area (Å²) in [6.07, 6.45) is 7.86. The van der Waals surface area contributed by atoms with Gasteiger partial charge in [-0.15, -0.1) is 0 Å². The lowest BCUT2D eigenvalue weighted by molar-refractivity contribution is 0.0886. The largest absolute Gasteiger partial charge is 0.490 e. The van der Waals surface area contributed by atoms with E-state index in [1.165, 1.54) is 0 Å². The monoisotopic (exact) mass is 358 g/mol. The molecule has 1 aliphatic rings. The molecule has 0 spiro atoms. The average molecular weight is 359 g/mol. The number of halogens is 1. The molecule has 2 aromatic rings. The van der Waals surface area contributed by atoms with Crippen LogP contribution in [0.15, 0.2) is 48.8 Å². The standard InChI is InChI=1S/C20H23ClN2O2/c1-14(23-20(24)16-2-6-17(21)7-3-16)15-4-8-18(9-5-15)25-19-10-12-22-13-11-19/h2-3,6-7,10-15,18H,4-5,8-9H2,1H3,(H,23,24)/t14?,15-,18+. The molecule has 1 saturated carbocycles. The van der Waals surface area contributed by atoms with Crippen LogP contribution in [-0.2, 0) is 0 Å². The highest BCUT2D eigenvalue weighted by Gasteiger charge is 2.27. The molecule has 0 saturated heterocycles. The molecule has 132 valence electrons. The highest BCUT2D eigenvalue weighted by molar-refractivity contribution is 6.30. The summed E-state index contributed by atoms with van der Waals surface area (Å²) in [5.41, 5.74) is 0.644. The third kappa shape index (κ3) is 4.95. The lowest BCUT2D eigenvalue weighted by Gasteiger charge is -2.32. The summed E-state index contributed by atoms with van der Waals surface area (Å²) in [5.74, 6) is 1.32. The first-order valence-electron chi connectivity index (χ1n) is 8.75. The van der Waals surface area contributed by atoms with Gasteiger partial charge in [-0.2, -0.15) is 0 Å². The van der Waals surface area contributed by atoms with Crippen LogP contribution >= 0.6 is 11.6 Å². The zero-order valence-electron chi connectivity index (χ0n) is 14.3. The van der Waals surface area contributed by atoms with Crippen molar-refractivity contribution in [2.45, 2.75) is 44.8 Å². The molecule has 0 aliphatic heterocycles. The summed E-state index contributed by atoms with van der Waals surface area (Å²) in [6, 6.07) is 10.9. The maximum absolute atomic E-state index is 12.3. The van der Waals surface area contributed by atoms with E-state index in [1.54, 1.807) is 36.7 Å². The number of carbonyl (C=O) groups excluding carboxylic acids is 1. The Kier molecular flexibility index (Phi) is 5.92. The first kappa shape index (κ1) is 17.7. The quantitative estimate of drug-likeness (QED) is 0.856. The number of pyridine rings is 1. The first-order valence-corrected chi connectivity index (χ1v) is 9.13. The lowest BCUT2D eigenvalue weighted by Crippen LogP contribution is -2.40. The van der Waals surface area contributed by atoms with Crippen molar-refractivity contribution in [1.82, 2.24) is 10.3 Å². The van der Waals surface area contributed by atoms with Gasteiger partial charge in [-0.25, -0.2) is 0 Å². The van der Waals surface area contributed by atoms with E-state index in [-0.39, 0.29) is 18.1 Å². The average Bonchev–Trinajstić information content (AvgIpc) is 2.63. The van der Waals surface area contributed by atoms with Gasteiger partial charge in [0.15, 0.2) is 0 Å². The van der Waals surface area contributed by atoms with E-state index < -0.39 is 0 Å². The van der Waals surface area contributed by atoms with Crippen molar-refractivity contribution in [1.29, 1.82) is 0 Å². The first-order chi connectivity index (χ1) is 12.1. The minimum Gasteiger partial charge on any atom is -0.490 e. The number of nitrogens with one attached hydrogen (secondary N) is 1. The minimum atomic E-state index is -0.0423. The van der Waals surface area contributed by atoms with E-state index in [4.69, 9.17) is 16.3 Å². The number of hydrogen-bond donors (Lipinski definition) is 1. The lowest BCUT2D eigenvalue weighted by atomic mass is 9.83. The number of hydrogen-bond acceptors (Lipinski definition) is 3. The van der Waals surface area contributed by atoms with E-state index in [0.717, 1.165) is 31.4 Å². The van der Waals surface area contributed by atoms with Crippen molar-refractivity contribution >= 4 is 17.5 Å². The fourth-order valence-corrected chi connectivity index (χ4v) is 3.45. The molecule has 1 aliphatic carbocycles. The van der Waals surface area contributed by atoms with Crippen LogP contribution in [0.25, 0.3) is 0 Å². The highest BCUT2D eigenvalue weighted by Crippen LogP contribution is 2.29. The van der Waals surface area contributed by atoms with Crippen molar-refractivity contribution < 1.29 is 9.53 Å². The fourth-order valence-electron chi connectivity index (χ4n) is 3.32. The van der Waals surface area contributed by atoms with E-state index in [1.807, 2.05) is 12.1 Å². The molecular formula is C20H23ClN2O2. The van der Waals surface area contributed by atoms with Crippen molar-refractivity contribution in [2.24, 2.45) is 5.92 Å². The van der Waals surface area contributed by atoms with Crippen molar-refractivity contribution in [2.75, 3.05) is 0 Å². The van der Waals surface area contributed by atoms with Crippen LogP contribution < -0.4 is 10.1 Å². The second kappa shape index (κ2) is 8.34. The van der Waals surface area contributed by atoms with Crippen LogP contribution in [-0.4, -0.2) is 23.0 Å². The van der Waals surface area contributed by atoms with Gasteiger partial charge in [-0.3, -0.25) is 9.78 Å². The molecule has 1 amide bonds. The Morgan fingerprint density at radius 2 is 1.76 bits per heavy atom. The summed E-state index contributed by atoms with van der Waals surface area (Å²) < 4.78 is 6.01. The molecule has 25 heavy (non-hydrogen) atoms. The summed E-state index contributed by atoms with van der Waals surface area (Å²) in [7, 11) is 0. The van der Waals surface area contributed by atoms with Gasteiger partial charge in [0.05, 0.1) is 6.10 Å². The normalized spacial score (nSPS) is 21.4. The Labute approximate surface area is 153 Å². The van der Waals surface area contributed by atoms with Crippen molar-refractivity contribution in [3.05, 3.63) is 59.4 Å². The SMILES string of the molecule is CC(NC(=O)c1ccc(Cl)cc1)[C@H]1CC[C@@H](Oc2ccncc2)CC1. The summed E-state index contributed by atoms with van der Waals surface area (Å²) in [4.78, 5) is 16.3. The number of rotatable bonds is 5. The maximum atomic E-state index is 12.3. The van der Waals surface area contributed by atoms with Gasteiger partial charge in [0, 0.05) is 29.0 Å². The Morgan fingerprint density at radius 1 is 1.12 bits per heavy atom. The molecule has 4 nitrogen and oxygen atoms in total. The van der Waals surface area contributed by atoms with Crippen LogP contribution in [0.5, 0.6) is 5.75 Å². The second-order valence-corrected chi connectivity index (χ2v) is 7.04. The number of ether oxygens (including phenoxy) is 1. The maximum Gasteiger partial charge on any atom is 0.251 e. The molecule has 1 fully saturated rings. The number of amides is 1. The summed E-state index contributed by atoms with van der Waals surface area (Å²) in [6.45, 7) is 2.09. The van der Waals surface area contributed by atoms with Crippen LogP contribution in [0, 0.1) is 5.92 Å². The Hall–Kier alpha value is -2.07. The minimum absolute atomic E-state index is 0.0423. The van der Waals surface area contributed by atoms with E-state index in [9.17, 15) is 4.79 Å². The van der Waals surface area contributed by atoms with Gasteiger partial charge in [-0.05, 0) is 74.9 Å². The molecule has 0 bridgehead atoms. The second-order valence-electron chi connectivity index (χ2n) is 6.61. The number of nitrogens with zero attached hydrogens (tertiary/aromatic N) is 1. The highest BCUT2D eigenvalue weighted by atomic mass is 35.5. The Balaban J connectivity index is 1.47. The smallest absolute Gasteiger partial charge is 0.251 e. The molecule has 1 aromatic heterocycles. The van der Waals surface area contributed by atoms with Gasteiger partial charge in [-0.1, -0.05) is 11.6 Å². The van der Waals surface area contributed by atoms with Gasteiger partial charge < -0.3 is 10.1 Å². The third-order valence-electron chi connectivity index (χ3n) is 4.84. The predicted molar refractivity (Wildman–Crippen MR) is 99.0 cm³/mol.